The second-order valence-corrected chi connectivity index (χ2v) is 3.16. The number of hydrogen-bond donors (Lipinski definition) is 2. The summed E-state index contributed by atoms with van der Waals surface area (Å²) >= 11 is 0. The fourth-order valence-corrected chi connectivity index (χ4v) is 1.30. The Morgan fingerprint density at radius 3 is 3.07 bits per heavy atom. The first-order valence-corrected chi connectivity index (χ1v) is 4.67. The number of H-pyrrole nitrogens is 1. The molecule has 0 fully saturated rings. The zero-order valence-electron chi connectivity index (χ0n) is 8.20. The van der Waals surface area contributed by atoms with Gasteiger partial charge in [0.05, 0.1) is 12.2 Å². The Hall–Kier alpha value is -2.21. The highest BCUT2D eigenvalue weighted by molar-refractivity contribution is 5.49. The number of nitrogens with one attached hydrogen (secondary N) is 2. The van der Waals surface area contributed by atoms with Crippen LogP contribution >= 0.6 is 0 Å². The lowest BCUT2D eigenvalue weighted by Gasteiger charge is -2.04. The van der Waals surface area contributed by atoms with Gasteiger partial charge in [0.15, 0.2) is 0 Å². The van der Waals surface area contributed by atoms with E-state index in [0.29, 0.717) is 6.54 Å². The van der Waals surface area contributed by atoms with Gasteiger partial charge in [-0.25, -0.2) is 0 Å². The van der Waals surface area contributed by atoms with E-state index in [1.54, 1.807) is 6.20 Å². The van der Waals surface area contributed by atoms with Gasteiger partial charge in [0.1, 0.15) is 0 Å². The van der Waals surface area contributed by atoms with E-state index in [1.165, 1.54) is 0 Å². The van der Waals surface area contributed by atoms with Crippen molar-refractivity contribution in [3.05, 3.63) is 47.8 Å². The van der Waals surface area contributed by atoms with Crippen molar-refractivity contribution >= 4 is 5.69 Å². The minimum absolute atomic E-state index is 0.716. The number of aromatic amines is 1. The second-order valence-electron chi connectivity index (χ2n) is 3.16. The van der Waals surface area contributed by atoms with Gasteiger partial charge in [0, 0.05) is 17.4 Å². The molecule has 1 aromatic heterocycles. The number of benzene rings is 1. The molecule has 0 saturated carbocycles. The molecule has 0 aliphatic carbocycles. The Morgan fingerprint density at radius 1 is 1.40 bits per heavy atom. The molecule has 3 heteroatoms. The van der Waals surface area contributed by atoms with Gasteiger partial charge in [0.25, 0.3) is 0 Å². The molecular formula is C12H11N3. The molecule has 0 radical (unpaired) electrons. The Labute approximate surface area is 88.5 Å². The molecule has 0 atom stereocenters. The summed E-state index contributed by atoms with van der Waals surface area (Å²) in [4.78, 5) is 0. The summed E-state index contributed by atoms with van der Waals surface area (Å²) in [5, 5.41) is 10.0. The summed E-state index contributed by atoms with van der Waals surface area (Å²) in [7, 11) is 0. The molecule has 2 aromatic rings. The molecule has 0 unspecified atom stereocenters. The van der Waals surface area contributed by atoms with E-state index >= 15 is 0 Å². The van der Waals surface area contributed by atoms with Crippen molar-refractivity contribution in [2.45, 2.75) is 6.54 Å². The summed E-state index contributed by atoms with van der Waals surface area (Å²) < 4.78 is 0. The Balaban J connectivity index is 2.02. The molecule has 0 bridgehead atoms. The Morgan fingerprint density at radius 2 is 2.33 bits per heavy atom. The number of nitrogens with zero attached hydrogens (tertiary/aromatic N) is 1. The van der Waals surface area contributed by atoms with Gasteiger partial charge in [-0.3, -0.25) is 5.10 Å². The lowest BCUT2D eigenvalue weighted by atomic mass is 10.2. The first kappa shape index (κ1) is 9.35. The van der Waals surface area contributed by atoms with E-state index in [1.807, 2.05) is 30.3 Å². The molecule has 74 valence electrons. The molecule has 0 aliphatic heterocycles. The molecule has 1 heterocycles. The first-order chi connectivity index (χ1) is 7.38. The van der Waals surface area contributed by atoms with Gasteiger partial charge in [0.2, 0.25) is 0 Å². The van der Waals surface area contributed by atoms with Crippen LogP contribution in [0.2, 0.25) is 0 Å². The summed E-state index contributed by atoms with van der Waals surface area (Å²) in [5.74, 6) is 2.60. The van der Waals surface area contributed by atoms with Crippen molar-refractivity contribution in [3.8, 4) is 12.3 Å². The topological polar surface area (TPSA) is 40.7 Å². The Kier molecular flexibility index (Phi) is 2.70. The molecular weight excluding hydrogens is 186 g/mol. The molecule has 0 saturated heterocycles. The highest BCUT2D eigenvalue weighted by Crippen LogP contribution is 2.10. The van der Waals surface area contributed by atoms with Gasteiger partial charge in [-0.15, -0.1) is 6.42 Å². The van der Waals surface area contributed by atoms with Gasteiger partial charge in [-0.05, 0) is 24.3 Å². The largest absolute Gasteiger partial charge is 0.379 e. The average Bonchev–Trinajstić information content (AvgIpc) is 2.79. The molecule has 2 N–H and O–H groups in total. The van der Waals surface area contributed by atoms with Crippen LogP contribution < -0.4 is 5.32 Å². The monoisotopic (exact) mass is 197 g/mol. The van der Waals surface area contributed by atoms with Gasteiger partial charge < -0.3 is 5.32 Å². The van der Waals surface area contributed by atoms with Crippen LogP contribution in [0, 0.1) is 12.3 Å². The van der Waals surface area contributed by atoms with Crippen LogP contribution in [0.15, 0.2) is 36.5 Å². The minimum Gasteiger partial charge on any atom is -0.379 e. The predicted octanol–water partition coefficient (Wildman–Crippen LogP) is 2.00. The average molecular weight is 197 g/mol. The van der Waals surface area contributed by atoms with E-state index in [0.717, 1.165) is 16.9 Å². The van der Waals surface area contributed by atoms with E-state index in [4.69, 9.17) is 6.42 Å². The molecule has 15 heavy (non-hydrogen) atoms. The molecule has 0 amide bonds. The molecule has 1 aromatic carbocycles. The van der Waals surface area contributed by atoms with E-state index in [-0.39, 0.29) is 0 Å². The quantitative estimate of drug-likeness (QED) is 0.739. The maximum atomic E-state index is 5.32. The highest BCUT2D eigenvalue weighted by atomic mass is 15.1. The van der Waals surface area contributed by atoms with Crippen molar-refractivity contribution in [1.82, 2.24) is 10.2 Å². The number of rotatable bonds is 3. The van der Waals surface area contributed by atoms with Gasteiger partial charge in [-0.1, -0.05) is 12.0 Å². The van der Waals surface area contributed by atoms with Crippen molar-refractivity contribution in [1.29, 1.82) is 0 Å². The van der Waals surface area contributed by atoms with Crippen LogP contribution in [0.4, 0.5) is 5.69 Å². The Bertz CT molecular complexity index is 466. The predicted molar refractivity (Wildman–Crippen MR) is 60.3 cm³/mol. The third-order valence-corrected chi connectivity index (χ3v) is 2.07. The van der Waals surface area contributed by atoms with E-state index < -0.39 is 0 Å². The number of hydrogen-bond acceptors (Lipinski definition) is 2. The maximum absolute atomic E-state index is 5.32. The molecule has 0 aliphatic rings. The third-order valence-electron chi connectivity index (χ3n) is 2.07. The maximum Gasteiger partial charge on any atom is 0.0567 e. The van der Waals surface area contributed by atoms with Crippen molar-refractivity contribution < 1.29 is 0 Å². The van der Waals surface area contributed by atoms with Crippen LogP contribution in [0.25, 0.3) is 0 Å². The first-order valence-electron chi connectivity index (χ1n) is 4.67. The normalized spacial score (nSPS) is 9.53. The second kappa shape index (κ2) is 4.34. The third kappa shape index (κ3) is 2.38. The number of terminal acetylenes is 1. The SMILES string of the molecule is C#Cc1cccc(NCc2ccn[nH]2)c1. The smallest absolute Gasteiger partial charge is 0.0567 e. The fraction of sp³-hybridized carbons (Fsp3) is 0.0833. The summed E-state index contributed by atoms with van der Waals surface area (Å²) in [6.45, 7) is 0.716. The highest BCUT2D eigenvalue weighted by Gasteiger charge is 1.95. The van der Waals surface area contributed by atoms with Crippen LogP contribution in [0.1, 0.15) is 11.3 Å². The number of aromatic nitrogens is 2. The van der Waals surface area contributed by atoms with Crippen molar-refractivity contribution in [2.75, 3.05) is 5.32 Å². The molecule has 0 spiro atoms. The van der Waals surface area contributed by atoms with Crippen molar-refractivity contribution in [2.24, 2.45) is 0 Å². The zero-order chi connectivity index (χ0) is 10.5. The van der Waals surface area contributed by atoms with Crippen LogP contribution in [0.5, 0.6) is 0 Å². The van der Waals surface area contributed by atoms with E-state index in [2.05, 4.69) is 21.4 Å². The summed E-state index contributed by atoms with van der Waals surface area (Å²) in [5.41, 5.74) is 2.94. The minimum atomic E-state index is 0.716. The zero-order valence-corrected chi connectivity index (χ0v) is 8.20. The van der Waals surface area contributed by atoms with Crippen LogP contribution in [-0.2, 0) is 6.54 Å². The molecule has 2 rings (SSSR count). The van der Waals surface area contributed by atoms with Crippen LogP contribution in [-0.4, -0.2) is 10.2 Å². The lowest BCUT2D eigenvalue weighted by Crippen LogP contribution is -1.99. The van der Waals surface area contributed by atoms with E-state index in [9.17, 15) is 0 Å². The van der Waals surface area contributed by atoms with Crippen molar-refractivity contribution in [3.63, 3.8) is 0 Å². The summed E-state index contributed by atoms with van der Waals surface area (Å²) in [6.07, 6.45) is 7.05. The standard InChI is InChI=1S/C12H11N3/c1-2-10-4-3-5-11(8-10)13-9-12-6-7-14-15-12/h1,3-8,13H,9H2,(H,14,15). The van der Waals surface area contributed by atoms with Crippen LogP contribution in [0.3, 0.4) is 0 Å². The molecule has 3 nitrogen and oxygen atoms in total. The summed E-state index contributed by atoms with van der Waals surface area (Å²) in [6, 6.07) is 9.69. The lowest BCUT2D eigenvalue weighted by molar-refractivity contribution is 0.981. The number of anilines is 1. The van der Waals surface area contributed by atoms with Gasteiger partial charge in [-0.2, -0.15) is 5.10 Å². The fourth-order valence-electron chi connectivity index (χ4n) is 1.30. The van der Waals surface area contributed by atoms with Gasteiger partial charge >= 0.3 is 0 Å².